The molecule has 1 aliphatic heterocycles. The fraction of sp³-hybridized carbons (Fsp3) is 0.267. The Labute approximate surface area is 127 Å². The molecule has 114 valence electrons. The van der Waals surface area contributed by atoms with Crippen molar-refractivity contribution in [2.75, 3.05) is 25.0 Å². The number of nitrogens with zero attached hydrogens (tertiary/aromatic N) is 2. The number of hydrogen-bond acceptors (Lipinski definition) is 6. The van der Waals surface area contributed by atoms with Gasteiger partial charge in [-0.25, -0.2) is 4.98 Å². The van der Waals surface area contributed by atoms with Crippen molar-refractivity contribution in [1.29, 1.82) is 0 Å². The minimum atomic E-state index is -0.633. The molecule has 0 bridgehead atoms. The Morgan fingerprint density at radius 1 is 1.23 bits per heavy atom. The number of rotatable bonds is 5. The van der Waals surface area contributed by atoms with Gasteiger partial charge >= 0.3 is 0 Å². The highest BCUT2D eigenvalue weighted by Gasteiger charge is 2.26. The molecule has 1 atom stereocenters. The number of carbonyl (C=O) groups excluding carboxylic acids is 1. The molecule has 0 fully saturated rings. The predicted molar refractivity (Wildman–Crippen MR) is 79.9 cm³/mol. The molecule has 0 saturated heterocycles. The number of amides is 1. The molecule has 22 heavy (non-hydrogen) atoms. The van der Waals surface area contributed by atoms with Gasteiger partial charge in [-0.05, 0) is 12.1 Å². The molecule has 1 aromatic heterocycles. The lowest BCUT2D eigenvalue weighted by molar-refractivity contribution is -0.130. The second-order valence-corrected chi connectivity index (χ2v) is 4.67. The summed E-state index contributed by atoms with van der Waals surface area (Å²) in [5, 5.41) is 5.86. The lowest BCUT2D eigenvalue weighted by Crippen LogP contribution is -2.45. The molecule has 7 heteroatoms. The van der Waals surface area contributed by atoms with Crippen molar-refractivity contribution in [3.63, 3.8) is 0 Å². The second kappa shape index (κ2) is 6.75. The number of aromatic nitrogens is 2. The quantitative estimate of drug-likeness (QED) is 0.796. The number of nitrogens with one attached hydrogen (secondary N) is 2. The van der Waals surface area contributed by atoms with E-state index in [1.54, 1.807) is 24.7 Å². The molecule has 1 amide bonds. The zero-order valence-electron chi connectivity index (χ0n) is 11.9. The first-order valence-corrected chi connectivity index (χ1v) is 6.99. The molecule has 2 aromatic rings. The number of hydrogen-bond donors (Lipinski definition) is 2. The van der Waals surface area contributed by atoms with E-state index in [1.807, 2.05) is 18.2 Å². The minimum Gasteiger partial charge on any atom is -0.485 e. The Kier molecular flexibility index (Phi) is 4.33. The zero-order valence-corrected chi connectivity index (χ0v) is 11.9. The van der Waals surface area contributed by atoms with E-state index in [1.165, 1.54) is 0 Å². The third-order valence-electron chi connectivity index (χ3n) is 3.09. The summed E-state index contributed by atoms with van der Waals surface area (Å²) in [5.74, 6) is 1.72. The Morgan fingerprint density at radius 2 is 2.09 bits per heavy atom. The van der Waals surface area contributed by atoms with Gasteiger partial charge in [0.25, 0.3) is 5.91 Å². The second-order valence-electron chi connectivity index (χ2n) is 4.67. The molecular formula is C15H16N4O3. The zero-order chi connectivity index (χ0) is 15.2. The maximum atomic E-state index is 12.0. The maximum absolute atomic E-state index is 12.0. The topological polar surface area (TPSA) is 85.4 Å². The summed E-state index contributed by atoms with van der Waals surface area (Å²) in [6, 6.07) is 7.30. The van der Waals surface area contributed by atoms with Crippen molar-refractivity contribution in [1.82, 2.24) is 15.3 Å². The van der Waals surface area contributed by atoms with Gasteiger partial charge < -0.3 is 20.1 Å². The van der Waals surface area contributed by atoms with Crippen molar-refractivity contribution in [3.05, 3.63) is 42.9 Å². The number of carbonyl (C=O) groups is 1. The SMILES string of the molecule is O=C(NCCNc1cnccn1)[C@@H]1COc2ccccc2O1. The first-order valence-electron chi connectivity index (χ1n) is 6.99. The number of anilines is 1. The average Bonchev–Trinajstić information content (AvgIpc) is 2.59. The van der Waals surface area contributed by atoms with Gasteiger partial charge in [-0.1, -0.05) is 12.1 Å². The van der Waals surface area contributed by atoms with Gasteiger partial charge in [0.05, 0.1) is 6.20 Å². The van der Waals surface area contributed by atoms with Crippen LogP contribution in [0.4, 0.5) is 5.82 Å². The van der Waals surface area contributed by atoms with Gasteiger partial charge in [-0.2, -0.15) is 0 Å². The molecule has 2 heterocycles. The van der Waals surface area contributed by atoms with Gasteiger partial charge in [0, 0.05) is 25.5 Å². The van der Waals surface area contributed by atoms with E-state index in [4.69, 9.17) is 9.47 Å². The van der Waals surface area contributed by atoms with Crippen molar-refractivity contribution in [3.8, 4) is 11.5 Å². The van der Waals surface area contributed by atoms with Crippen LogP contribution in [0.2, 0.25) is 0 Å². The number of benzene rings is 1. The van der Waals surface area contributed by atoms with Crippen molar-refractivity contribution < 1.29 is 14.3 Å². The number of para-hydroxylation sites is 2. The highest BCUT2D eigenvalue weighted by Crippen LogP contribution is 2.30. The molecule has 1 aromatic carbocycles. The van der Waals surface area contributed by atoms with Crippen LogP contribution in [0.5, 0.6) is 11.5 Å². The van der Waals surface area contributed by atoms with Crippen LogP contribution in [-0.4, -0.2) is 41.7 Å². The Hall–Kier alpha value is -2.83. The fourth-order valence-corrected chi connectivity index (χ4v) is 2.03. The normalized spacial score (nSPS) is 15.9. The van der Waals surface area contributed by atoms with E-state index >= 15 is 0 Å². The van der Waals surface area contributed by atoms with Crippen LogP contribution in [0.25, 0.3) is 0 Å². The van der Waals surface area contributed by atoms with Gasteiger partial charge in [0.1, 0.15) is 12.4 Å². The standard InChI is InChI=1S/C15H16N4O3/c20-15(19-8-7-18-14-9-16-5-6-17-14)13-10-21-11-3-1-2-4-12(11)22-13/h1-6,9,13H,7-8,10H2,(H,17,18)(H,19,20)/t13-/m0/s1. The highest BCUT2D eigenvalue weighted by atomic mass is 16.6. The van der Waals surface area contributed by atoms with E-state index in [2.05, 4.69) is 20.6 Å². The summed E-state index contributed by atoms with van der Waals surface area (Å²) in [7, 11) is 0. The van der Waals surface area contributed by atoms with Crippen LogP contribution >= 0.6 is 0 Å². The monoisotopic (exact) mass is 300 g/mol. The summed E-state index contributed by atoms with van der Waals surface area (Å²) < 4.78 is 11.1. The Morgan fingerprint density at radius 3 is 2.91 bits per heavy atom. The number of fused-ring (bicyclic) bond motifs is 1. The molecule has 0 aliphatic carbocycles. The summed E-state index contributed by atoms with van der Waals surface area (Å²) in [6.45, 7) is 1.21. The molecule has 0 spiro atoms. The molecule has 0 radical (unpaired) electrons. The van der Waals surface area contributed by atoms with Crippen LogP contribution in [-0.2, 0) is 4.79 Å². The Bertz CT molecular complexity index is 636. The minimum absolute atomic E-state index is 0.199. The van der Waals surface area contributed by atoms with E-state index in [9.17, 15) is 4.79 Å². The van der Waals surface area contributed by atoms with Gasteiger partial charge in [-0.15, -0.1) is 0 Å². The summed E-state index contributed by atoms with van der Waals surface area (Å²) >= 11 is 0. The van der Waals surface area contributed by atoms with Gasteiger partial charge in [-0.3, -0.25) is 9.78 Å². The first-order chi connectivity index (χ1) is 10.8. The van der Waals surface area contributed by atoms with E-state index < -0.39 is 6.10 Å². The highest BCUT2D eigenvalue weighted by molar-refractivity contribution is 5.81. The molecule has 0 unspecified atom stereocenters. The average molecular weight is 300 g/mol. The van der Waals surface area contributed by atoms with E-state index in [0.29, 0.717) is 30.4 Å². The van der Waals surface area contributed by atoms with E-state index in [-0.39, 0.29) is 12.5 Å². The molecule has 7 nitrogen and oxygen atoms in total. The Balaban J connectivity index is 1.43. The van der Waals surface area contributed by atoms with Crippen LogP contribution < -0.4 is 20.1 Å². The maximum Gasteiger partial charge on any atom is 0.264 e. The van der Waals surface area contributed by atoms with Crippen molar-refractivity contribution in [2.45, 2.75) is 6.10 Å². The van der Waals surface area contributed by atoms with Gasteiger partial charge in [0.2, 0.25) is 6.10 Å². The van der Waals surface area contributed by atoms with Gasteiger partial charge in [0.15, 0.2) is 11.5 Å². The van der Waals surface area contributed by atoms with E-state index in [0.717, 1.165) is 0 Å². The first kappa shape index (κ1) is 14.1. The summed E-state index contributed by atoms with van der Waals surface area (Å²) in [6.07, 6.45) is 4.19. The third kappa shape index (κ3) is 3.43. The molecule has 2 N–H and O–H groups in total. The fourth-order valence-electron chi connectivity index (χ4n) is 2.03. The lowest BCUT2D eigenvalue weighted by atomic mass is 10.2. The molecular weight excluding hydrogens is 284 g/mol. The van der Waals surface area contributed by atoms with Crippen LogP contribution in [0, 0.1) is 0 Å². The predicted octanol–water partition coefficient (Wildman–Crippen LogP) is 0.845. The van der Waals surface area contributed by atoms with Crippen LogP contribution in [0.15, 0.2) is 42.9 Å². The van der Waals surface area contributed by atoms with Crippen LogP contribution in [0.1, 0.15) is 0 Å². The van der Waals surface area contributed by atoms with Crippen molar-refractivity contribution >= 4 is 11.7 Å². The summed E-state index contributed by atoms with van der Waals surface area (Å²) in [4.78, 5) is 20.1. The largest absolute Gasteiger partial charge is 0.485 e. The molecule has 3 rings (SSSR count). The van der Waals surface area contributed by atoms with Crippen LogP contribution in [0.3, 0.4) is 0 Å². The van der Waals surface area contributed by atoms with Crippen molar-refractivity contribution in [2.24, 2.45) is 0 Å². The molecule has 0 saturated carbocycles. The summed E-state index contributed by atoms with van der Waals surface area (Å²) in [5.41, 5.74) is 0. The smallest absolute Gasteiger partial charge is 0.264 e. The number of ether oxygens (including phenoxy) is 2. The lowest BCUT2D eigenvalue weighted by Gasteiger charge is -2.25. The third-order valence-corrected chi connectivity index (χ3v) is 3.09. The molecule has 1 aliphatic rings.